The van der Waals surface area contributed by atoms with Gasteiger partial charge in [0.05, 0.1) is 0 Å². The topological polar surface area (TPSA) is 67.1 Å². The van der Waals surface area contributed by atoms with E-state index in [2.05, 4.69) is 45.5 Å². The van der Waals surface area contributed by atoms with Crippen molar-refractivity contribution in [1.29, 1.82) is 0 Å². The lowest BCUT2D eigenvalue weighted by Gasteiger charge is -2.18. The average Bonchev–Trinajstić information content (AvgIpc) is 3.19. The van der Waals surface area contributed by atoms with Crippen molar-refractivity contribution >= 4 is 5.96 Å². The highest BCUT2D eigenvalue weighted by atomic mass is 15.2. The van der Waals surface area contributed by atoms with Crippen LogP contribution < -0.4 is 10.6 Å². The fourth-order valence-electron chi connectivity index (χ4n) is 2.66. The van der Waals surface area contributed by atoms with E-state index in [1.165, 1.54) is 25.7 Å². The molecule has 0 radical (unpaired) electrons. The summed E-state index contributed by atoms with van der Waals surface area (Å²) in [6.07, 6.45) is 12.3. The average molecular weight is 342 g/mol. The minimum atomic E-state index is 0.697. The molecule has 0 spiro atoms. The number of imidazole rings is 1. The Balaban J connectivity index is 1.80. The zero-order valence-corrected chi connectivity index (χ0v) is 15.6. The maximum Gasteiger partial charge on any atom is 0.191 e. The van der Waals surface area contributed by atoms with E-state index in [1.807, 2.05) is 30.1 Å². The van der Waals surface area contributed by atoms with Gasteiger partial charge in [-0.3, -0.25) is 9.56 Å². The number of hydrogen-bond acceptors (Lipinski definition) is 3. The number of pyridine rings is 1. The molecule has 0 aliphatic carbocycles. The van der Waals surface area contributed by atoms with Gasteiger partial charge in [0.25, 0.3) is 0 Å². The van der Waals surface area contributed by atoms with Gasteiger partial charge in [0, 0.05) is 38.7 Å². The normalized spacial score (nSPS) is 12.8. The summed E-state index contributed by atoms with van der Waals surface area (Å²) in [7, 11) is 1.81. The van der Waals surface area contributed by atoms with Gasteiger partial charge in [-0.05, 0) is 24.0 Å². The molecule has 1 atom stereocenters. The Morgan fingerprint density at radius 2 is 2.16 bits per heavy atom. The van der Waals surface area contributed by atoms with E-state index < -0.39 is 0 Å². The standard InChI is InChI=1S/C19H30N6/c1-4-6-7-16(5-2)12-23-19(20-3)24-14-17-8-9-18(22-13-17)25-11-10-21-15-25/h8-11,13,15-16H,4-7,12,14H2,1-3H3,(H2,20,23,24). The lowest BCUT2D eigenvalue weighted by Crippen LogP contribution is -2.39. The first-order chi connectivity index (χ1) is 12.3. The van der Waals surface area contributed by atoms with Gasteiger partial charge >= 0.3 is 0 Å². The molecule has 0 bridgehead atoms. The predicted octanol–water partition coefficient (Wildman–Crippen LogP) is 3.15. The van der Waals surface area contributed by atoms with E-state index in [0.29, 0.717) is 12.5 Å². The highest BCUT2D eigenvalue weighted by Gasteiger charge is 2.07. The fourth-order valence-corrected chi connectivity index (χ4v) is 2.66. The van der Waals surface area contributed by atoms with Gasteiger partial charge in [-0.15, -0.1) is 0 Å². The Morgan fingerprint density at radius 3 is 2.76 bits per heavy atom. The first kappa shape index (κ1) is 19.0. The number of aliphatic imine (C=N–C) groups is 1. The molecule has 2 heterocycles. The molecule has 0 saturated carbocycles. The predicted molar refractivity (Wildman–Crippen MR) is 103 cm³/mol. The molecule has 6 heteroatoms. The summed E-state index contributed by atoms with van der Waals surface area (Å²) in [5, 5.41) is 6.79. The third-order valence-corrected chi connectivity index (χ3v) is 4.36. The Bertz CT molecular complexity index is 618. The van der Waals surface area contributed by atoms with Crippen molar-refractivity contribution < 1.29 is 0 Å². The number of guanidine groups is 1. The summed E-state index contributed by atoms with van der Waals surface area (Å²) >= 11 is 0. The highest BCUT2D eigenvalue weighted by molar-refractivity contribution is 5.79. The first-order valence-electron chi connectivity index (χ1n) is 9.14. The molecule has 2 aromatic heterocycles. The smallest absolute Gasteiger partial charge is 0.191 e. The largest absolute Gasteiger partial charge is 0.356 e. The molecule has 2 aromatic rings. The molecule has 136 valence electrons. The van der Waals surface area contributed by atoms with Gasteiger partial charge < -0.3 is 10.6 Å². The number of unbranched alkanes of at least 4 members (excludes halogenated alkanes) is 1. The van der Waals surface area contributed by atoms with Gasteiger partial charge in [-0.25, -0.2) is 9.97 Å². The molecule has 1 unspecified atom stereocenters. The summed E-state index contributed by atoms with van der Waals surface area (Å²) in [5.41, 5.74) is 1.12. The molecular formula is C19H30N6. The van der Waals surface area contributed by atoms with E-state index in [9.17, 15) is 0 Å². The van der Waals surface area contributed by atoms with Gasteiger partial charge in [-0.2, -0.15) is 0 Å². The van der Waals surface area contributed by atoms with Crippen LogP contribution in [0.25, 0.3) is 5.82 Å². The van der Waals surface area contributed by atoms with Crippen LogP contribution in [0.5, 0.6) is 0 Å². The second-order valence-electron chi connectivity index (χ2n) is 6.22. The quantitative estimate of drug-likeness (QED) is 0.543. The maximum absolute atomic E-state index is 4.47. The third kappa shape index (κ3) is 6.21. The molecule has 0 aliphatic rings. The monoisotopic (exact) mass is 342 g/mol. The lowest BCUT2D eigenvalue weighted by molar-refractivity contribution is 0.443. The molecule has 0 aromatic carbocycles. The van der Waals surface area contributed by atoms with E-state index >= 15 is 0 Å². The van der Waals surface area contributed by atoms with E-state index in [4.69, 9.17) is 0 Å². The minimum Gasteiger partial charge on any atom is -0.356 e. The van der Waals surface area contributed by atoms with Crippen molar-refractivity contribution in [1.82, 2.24) is 25.2 Å². The summed E-state index contributed by atoms with van der Waals surface area (Å²) < 4.78 is 1.89. The molecule has 6 nitrogen and oxygen atoms in total. The van der Waals surface area contributed by atoms with Crippen LogP contribution in [0.15, 0.2) is 42.0 Å². The van der Waals surface area contributed by atoms with Gasteiger partial charge in [0.1, 0.15) is 12.1 Å². The van der Waals surface area contributed by atoms with Crippen LogP contribution in [0, 0.1) is 5.92 Å². The number of aromatic nitrogens is 3. The van der Waals surface area contributed by atoms with Crippen LogP contribution in [0.3, 0.4) is 0 Å². The molecule has 2 rings (SSSR count). The Kier molecular flexibility index (Phi) is 7.95. The maximum atomic E-state index is 4.47. The van der Waals surface area contributed by atoms with Gasteiger partial charge in [-0.1, -0.05) is 39.2 Å². The van der Waals surface area contributed by atoms with Crippen molar-refractivity contribution in [3.8, 4) is 5.82 Å². The second-order valence-corrected chi connectivity index (χ2v) is 6.22. The first-order valence-corrected chi connectivity index (χ1v) is 9.14. The van der Waals surface area contributed by atoms with Crippen LogP contribution in [0.1, 0.15) is 45.1 Å². The number of nitrogens with one attached hydrogen (secondary N) is 2. The van der Waals surface area contributed by atoms with Crippen LogP contribution >= 0.6 is 0 Å². The van der Waals surface area contributed by atoms with Crippen molar-refractivity contribution in [3.05, 3.63) is 42.6 Å². The number of rotatable bonds is 9. The van der Waals surface area contributed by atoms with Crippen LogP contribution in [-0.2, 0) is 6.54 Å². The molecule has 0 saturated heterocycles. The minimum absolute atomic E-state index is 0.697. The molecule has 0 aliphatic heterocycles. The summed E-state index contributed by atoms with van der Waals surface area (Å²) in [4.78, 5) is 12.8. The van der Waals surface area contributed by atoms with Gasteiger partial charge in [0.15, 0.2) is 5.96 Å². The lowest BCUT2D eigenvalue weighted by atomic mass is 9.99. The van der Waals surface area contributed by atoms with Crippen LogP contribution in [-0.4, -0.2) is 34.1 Å². The molecular weight excluding hydrogens is 312 g/mol. The Labute approximate surface area is 150 Å². The molecule has 2 N–H and O–H groups in total. The van der Waals surface area contributed by atoms with Gasteiger partial charge in [0.2, 0.25) is 0 Å². The van der Waals surface area contributed by atoms with Crippen LogP contribution in [0.4, 0.5) is 0 Å². The summed E-state index contributed by atoms with van der Waals surface area (Å²) in [5.74, 6) is 2.41. The van der Waals surface area contributed by atoms with E-state index in [1.54, 1.807) is 12.5 Å². The SMILES string of the molecule is CCCCC(CC)CNC(=NC)NCc1ccc(-n2ccnc2)nc1. The summed E-state index contributed by atoms with van der Waals surface area (Å²) in [6.45, 7) is 6.16. The van der Waals surface area contributed by atoms with Crippen molar-refractivity contribution in [3.63, 3.8) is 0 Å². The Morgan fingerprint density at radius 1 is 1.28 bits per heavy atom. The fraction of sp³-hybridized carbons (Fsp3) is 0.526. The van der Waals surface area contributed by atoms with Crippen molar-refractivity contribution in [2.24, 2.45) is 10.9 Å². The Hall–Kier alpha value is -2.37. The zero-order valence-electron chi connectivity index (χ0n) is 15.6. The molecule has 25 heavy (non-hydrogen) atoms. The zero-order chi connectivity index (χ0) is 17.9. The highest BCUT2D eigenvalue weighted by Crippen LogP contribution is 2.11. The van der Waals surface area contributed by atoms with Crippen LogP contribution in [0.2, 0.25) is 0 Å². The van der Waals surface area contributed by atoms with Crippen molar-refractivity contribution in [2.45, 2.75) is 46.1 Å². The second kappa shape index (κ2) is 10.5. The van der Waals surface area contributed by atoms with E-state index in [-0.39, 0.29) is 0 Å². The third-order valence-electron chi connectivity index (χ3n) is 4.36. The van der Waals surface area contributed by atoms with Crippen molar-refractivity contribution in [2.75, 3.05) is 13.6 Å². The molecule has 0 amide bonds. The number of nitrogens with zero attached hydrogens (tertiary/aromatic N) is 4. The molecule has 0 fully saturated rings. The van der Waals surface area contributed by atoms with E-state index in [0.717, 1.165) is 23.9 Å². The number of hydrogen-bond donors (Lipinski definition) is 2. The summed E-state index contributed by atoms with van der Waals surface area (Å²) in [6, 6.07) is 4.06.